The fourth-order valence-corrected chi connectivity index (χ4v) is 0.527. The van der Waals surface area contributed by atoms with Crippen molar-refractivity contribution in [2.24, 2.45) is 0 Å². The van der Waals surface area contributed by atoms with Crippen molar-refractivity contribution in [3.05, 3.63) is 17.1 Å². The topological polar surface area (TPSA) is 39.2 Å². The van der Waals surface area contributed by atoms with E-state index in [0.29, 0.717) is 0 Å². The summed E-state index contributed by atoms with van der Waals surface area (Å²) in [5.41, 5.74) is 1.79. The second-order valence-corrected chi connectivity index (χ2v) is 2.13. The lowest BCUT2D eigenvalue weighted by molar-refractivity contribution is -0.137. The molecule has 1 heterocycles. The second-order valence-electron chi connectivity index (χ2n) is 1.37. The molecule has 0 aliphatic rings. The highest BCUT2D eigenvalue weighted by atomic mass is 32.1. The highest BCUT2D eigenvalue weighted by Crippen LogP contribution is 1.85. The van der Waals surface area contributed by atoms with E-state index < -0.39 is 0 Å². The van der Waals surface area contributed by atoms with E-state index in [1.54, 1.807) is 23.0 Å². The molecule has 0 atom stereocenters. The van der Waals surface area contributed by atoms with Gasteiger partial charge in [-0.1, -0.05) is 0 Å². The number of thiazole rings is 1. The van der Waals surface area contributed by atoms with Crippen molar-refractivity contribution >= 4 is 17.3 Å². The lowest BCUT2D eigenvalue weighted by atomic mass is 10.8. The number of carbonyl (C=O) groups excluding carboxylic acids is 1. The number of nitrogens with zero attached hydrogens (tertiary/aromatic N) is 1. The van der Waals surface area contributed by atoms with Gasteiger partial charge in [0.15, 0.2) is 0 Å². The van der Waals surface area contributed by atoms with Gasteiger partial charge < -0.3 is 4.74 Å². The molecule has 0 aliphatic heterocycles. The standard InChI is InChI=1S/C3H3NS.C3H6O2/c1-2-5-3-4-1;1-3(4)5-2/h1-3H;1-2H3. The average Bonchev–Trinajstić information content (AvgIpc) is 2.43. The summed E-state index contributed by atoms with van der Waals surface area (Å²) in [6.45, 7) is 1.36. The van der Waals surface area contributed by atoms with Crippen LogP contribution in [0.4, 0.5) is 0 Å². The molecule has 0 N–H and O–H groups in total. The van der Waals surface area contributed by atoms with E-state index in [1.807, 2.05) is 5.38 Å². The molecule has 0 bridgehead atoms. The van der Waals surface area contributed by atoms with E-state index in [0.717, 1.165) is 0 Å². The SMILES string of the molecule is COC(C)=O.c1cscn1. The molecule has 0 fully saturated rings. The molecule has 10 heavy (non-hydrogen) atoms. The molecule has 1 aromatic heterocycles. The van der Waals surface area contributed by atoms with Gasteiger partial charge in [-0.05, 0) is 0 Å². The van der Waals surface area contributed by atoms with Crippen molar-refractivity contribution in [1.82, 2.24) is 4.98 Å². The summed E-state index contributed by atoms with van der Waals surface area (Å²) >= 11 is 1.60. The van der Waals surface area contributed by atoms with Crippen molar-refractivity contribution in [3.63, 3.8) is 0 Å². The van der Waals surface area contributed by atoms with Crippen LogP contribution in [0.15, 0.2) is 17.1 Å². The van der Waals surface area contributed by atoms with Gasteiger partial charge in [-0.15, -0.1) is 11.3 Å². The van der Waals surface area contributed by atoms with E-state index in [9.17, 15) is 4.79 Å². The van der Waals surface area contributed by atoms with Gasteiger partial charge in [0, 0.05) is 18.5 Å². The first-order chi connectivity index (χ1) is 4.77. The van der Waals surface area contributed by atoms with Crippen LogP contribution in [0.25, 0.3) is 0 Å². The molecule has 0 saturated heterocycles. The smallest absolute Gasteiger partial charge is 0.302 e. The van der Waals surface area contributed by atoms with E-state index in [1.165, 1.54) is 14.0 Å². The Labute approximate surface area is 63.7 Å². The number of esters is 1. The Bertz CT molecular complexity index is 145. The van der Waals surface area contributed by atoms with Crippen LogP contribution >= 0.6 is 11.3 Å². The second kappa shape index (κ2) is 6.22. The highest BCUT2D eigenvalue weighted by Gasteiger charge is 1.75. The first-order valence-electron chi connectivity index (χ1n) is 2.64. The zero-order valence-electron chi connectivity index (χ0n) is 5.90. The van der Waals surface area contributed by atoms with Crippen LogP contribution in [0.2, 0.25) is 0 Å². The summed E-state index contributed by atoms with van der Waals surface area (Å²) in [4.78, 5) is 13.3. The Hall–Kier alpha value is -0.900. The van der Waals surface area contributed by atoms with Gasteiger partial charge in [-0.2, -0.15) is 0 Å². The number of aromatic nitrogens is 1. The molecule has 0 aromatic carbocycles. The van der Waals surface area contributed by atoms with Crippen LogP contribution in [0.3, 0.4) is 0 Å². The molecule has 1 rings (SSSR count). The molecule has 4 heteroatoms. The van der Waals surface area contributed by atoms with Crippen molar-refractivity contribution in [1.29, 1.82) is 0 Å². The predicted molar refractivity (Wildman–Crippen MR) is 39.8 cm³/mol. The van der Waals surface area contributed by atoms with E-state index in [2.05, 4.69) is 9.72 Å². The van der Waals surface area contributed by atoms with Crippen LogP contribution in [0, 0.1) is 0 Å². The average molecular weight is 159 g/mol. The maximum atomic E-state index is 9.59. The number of hydrogen-bond donors (Lipinski definition) is 0. The Morgan fingerprint density at radius 1 is 1.70 bits per heavy atom. The maximum absolute atomic E-state index is 9.59. The summed E-state index contributed by atoms with van der Waals surface area (Å²) in [6.07, 6.45) is 1.77. The minimum atomic E-state index is -0.245. The first kappa shape index (κ1) is 9.10. The van der Waals surface area contributed by atoms with Crippen LogP contribution in [0.5, 0.6) is 0 Å². The Kier molecular flexibility index (Phi) is 5.66. The molecule has 0 radical (unpaired) electrons. The zero-order chi connectivity index (χ0) is 7.82. The Balaban J connectivity index is 0.000000162. The largest absolute Gasteiger partial charge is 0.469 e. The normalized spacial score (nSPS) is 7.40. The van der Waals surface area contributed by atoms with Gasteiger partial charge >= 0.3 is 5.97 Å². The van der Waals surface area contributed by atoms with Crippen LogP contribution in [-0.2, 0) is 9.53 Å². The van der Waals surface area contributed by atoms with Gasteiger partial charge in [0.2, 0.25) is 0 Å². The summed E-state index contributed by atoms with van der Waals surface area (Å²) in [5.74, 6) is -0.245. The lowest BCUT2D eigenvalue weighted by Gasteiger charge is -1.80. The third-order valence-electron chi connectivity index (χ3n) is 0.635. The predicted octanol–water partition coefficient (Wildman–Crippen LogP) is 1.32. The highest BCUT2D eigenvalue weighted by molar-refractivity contribution is 7.07. The molecule has 0 spiro atoms. The monoisotopic (exact) mass is 159 g/mol. The van der Waals surface area contributed by atoms with Crippen molar-refractivity contribution in [2.75, 3.05) is 7.11 Å². The minimum absolute atomic E-state index is 0.245. The van der Waals surface area contributed by atoms with Crippen molar-refractivity contribution < 1.29 is 9.53 Å². The molecule has 56 valence electrons. The van der Waals surface area contributed by atoms with Gasteiger partial charge in [0.25, 0.3) is 0 Å². The Morgan fingerprint density at radius 3 is 2.40 bits per heavy atom. The van der Waals surface area contributed by atoms with Gasteiger partial charge in [-0.3, -0.25) is 9.78 Å². The quantitative estimate of drug-likeness (QED) is 0.536. The van der Waals surface area contributed by atoms with E-state index >= 15 is 0 Å². The number of ether oxygens (including phenoxy) is 1. The number of rotatable bonds is 0. The summed E-state index contributed by atoms with van der Waals surface area (Å²) < 4.78 is 4.11. The summed E-state index contributed by atoms with van der Waals surface area (Å²) in [7, 11) is 1.35. The zero-order valence-corrected chi connectivity index (χ0v) is 6.72. The Morgan fingerprint density at radius 2 is 2.30 bits per heavy atom. The van der Waals surface area contributed by atoms with Crippen LogP contribution in [-0.4, -0.2) is 18.1 Å². The van der Waals surface area contributed by atoms with E-state index in [4.69, 9.17) is 0 Å². The molecule has 0 aliphatic carbocycles. The van der Waals surface area contributed by atoms with Crippen molar-refractivity contribution in [3.8, 4) is 0 Å². The third-order valence-corrected chi connectivity index (χ3v) is 1.16. The lowest BCUT2D eigenvalue weighted by Crippen LogP contribution is -1.88. The summed E-state index contributed by atoms with van der Waals surface area (Å²) in [5, 5.41) is 1.93. The van der Waals surface area contributed by atoms with Gasteiger partial charge in [0.05, 0.1) is 12.6 Å². The van der Waals surface area contributed by atoms with Gasteiger partial charge in [-0.25, -0.2) is 0 Å². The first-order valence-corrected chi connectivity index (χ1v) is 3.58. The molecule has 3 nitrogen and oxygen atoms in total. The van der Waals surface area contributed by atoms with Crippen LogP contribution in [0.1, 0.15) is 6.92 Å². The number of methoxy groups -OCH3 is 1. The molecule has 0 unspecified atom stereocenters. The molecular weight excluding hydrogens is 150 g/mol. The van der Waals surface area contributed by atoms with Crippen molar-refractivity contribution in [2.45, 2.75) is 6.92 Å². The fourth-order valence-electron chi connectivity index (χ4n) is 0.176. The summed E-state index contributed by atoms with van der Waals surface area (Å²) in [6, 6.07) is 0. The molecule has 0 saturated carbocycles. The van der Waals surface area contributed by atoms with Gasteiger partial charge in [0.1, 0.15) is 0 Å². The van der Waals surface area contributed by atoms with E-state index in [-0.39, 0.29) is 5.97 Å². The fraction of sp³-hybridized carbons (Fsp3) is 0.333. The minimum Gasteiger partial charge on any atom is -0.469 e. The number of hydrogen-bond acceptors (Lipinski definition) is 4. The maximum Gasteiger partial charge on any atom is 0.302 e. The van der Waals surface area contributed by atoms with Crippen LogP contribution < -0.4 is 0 Å². The molecular formula is C6H9NO2S. The number of carbonyl (C=O) groups is 1. The third kappa shape index (κ3) is 7.10. The molecule has 1 aromatic rings. The molecule has 0 amide bonds.